The zero-order chi connectivity index (χ0) is 78.9. The lowest BCUT2D eigenvalue weighted by molar-refractivity contribution is -0.388. The summed E-state index contributed by atoms with van der Waals surface area (Å²) in [5, 5.41) is 3.98. The van der Waals surface area contributed by atoms with E-state index in [1.165, 1.54) is 56.7 Å². The number of nitrogens with zero attached hydrogens (tertiary/aromatic N) is 3. The van der Waals surface area contributed by atoms with Crippen molar-refractivity contribution in [2.45, 2.75) is 208 Å². The standard InChI is InChI=1S/C79H99N3O29/c1-45-58(102-48(4)85)60(106-78-71(93-10)64(91-8)67(69(111-78)74(87)101-41-53-35-25-16-26-36-53)109-76-57(81-82-80)62(89-6)59(88-5)55(104-76)43-96-46(2)83)56(44-97-47(3)84)103-75(45)108-66-63(90-7)70(92-9)79(110-68(66)73(86)100-40-52-33-23-15-24-34-52)107-61-54(42-95-37-49-27-17-12-18-28-49)105-77(94-11)72(99-39-51-31-21-14-22-32-51)65(61)98-38-50-29-19-13-20-30-50/h12-36,45,54-72,75-79H,37-44H2,1-11H3/t45?,54?,55?,56-,57?,58?,59+,60-,61+,62-,63?,64+,65-,66+,67-,68-,69?,70?,71?,72?,75-,76+,77-,78-,79+/m1/s1. The molecule has 32 nitrogen and oxygen atoms in total. The molecule has 0 saturated carbocycles. The van der Waals surface area contributed by atoms with Crippen LogP contribution in [0.5, 0.6) is 0 Å². The molecule has 5 aliphatic heterocycles. The van der Waals surface area contributed by atoms with Crippen LogP contribution in [0.4, 0.5) is 0 Å². The highest BCUT2D eigenvalue weighted by molar-refractivity contribution is 5.76. The molecule has 0 amide bonds. The van der Waals surface area contributed by atoms with Crippen LogP contribution in [-0.2, 0) is 171 Å². The quantitative estimate of drug-likeness (QED) is 0.0125. The van der Waals surface area contributed by atoms with Gasteiger partial charge in [0.15, 0.2) is 43.7 Å². The van der Waals surface area contributed by atoms with E-state index in [1.807, 2.05) is 97.1 Å². The van der Waals surface area contributed by atoms with Crippen molar-refractivity contribution in [3.05, 3.63) is 190 Å². The van der Waals surface area contributed by atoms with Crippen molar-refractivity contribution in [1.29, 1.82) is 0 Å². The van der Waals surface area contributed by atoms with Gasteiger partial charge in [0.05, 0.1) is 32.5 Å². The lowest BCUT2D eigenvalue weighted by atomic mass is 9.90. The zero-order valence-corrected chi connectivity index (χ0v) is 63.7. The summed E-state index contributed by atoms with van der Waals surface area (Å²) in [6.45, 7) is 3.89. The molecule has 111 heavy (non-hydrogen) atoms. The summed E-state index contributed by atoms with van der Waals surface area (Å²) < 4.78 is 154. The second kappa shape index (κ2) is 42.8. The molecule has 604 valence electrons. The van der Waals surface area contributed by atoms with Crippen LogP contribution in [0.1, 0.15) is 55.5 Å². The Morgan fingerprint density at radius 2 is 0.721 bits per heavy atom. The molecule has 5 heterocycles. The van der Waals surface area contributed by atoms with E-state index in [4.69, 9.17) is 114 Å². The molecule has 0 aromatic heterocycles. The topological polar surface area (TPSA) is 356 Å². The Morgan fingerprint density at radius 3 is 1.14 bits per heavy atom. The first-order valence-electron chi connectivity index (χ1n) is 36.3. The van der Waals surface area contributed by atoms with Crippen LogP contribution < -0.4 is 0 Å². The van der Waals surface area contributed by atoms with Crippen molar-refractivity contribution in [3.63, 3.8) is 0 Å². The van der Waals surface area contributed by atoms with Gasteiger partial charge in [0.25, 0.3) is 0 Å². The summed E-state index contributed by atoms with van der Waals surface area (Å²) in [6, 6.07) is 44.9. The van der Waals surface area contributed by atoms with Gasteiger partial charge in [-0.05, 0) is 33.3 Å². The monoisotopic (exact) mass is 1550 g/mol. The Balaban J connectivity index is 0.994. The number of esters is 5. The third-order valence-corrected chi connectivity index (χ3v) is 19.4. The first-order valence-corrected chi connectivity index (χ1v) is 36.3. The first-order chi connectivity index (χ1) is 53.9. The highest BCUT2D eigenvalue weighted by Crippen LogP contribution is 2.42. The lowest BCUT2D eigenvalue weighted by Gasteiger charge is -2.51. The Labute approximate surface area is 643 Å². The SMILES string of the molecule is COC1C(OC)[C@H](O[C@H]2O[C@H](COC(C)=O)[C@@H](O[C@@H]3OC(C(=O)OCc4ccccc4)[C@H](O[C@@H]4OC(COC(C)=O)[C@H](OC)[C@H](OC)C4N=[N+]=[N-])[C@H](OC)C3OC)C(OC(C)=O)C2C)[C@H](C(=O)OCc2ccccc2)O[C@@H]1O[C@H]1C(COCc2ccccc2)O[C@@H](OC)C(OCc2ccccc2)[C@@H]1OCc1ccccc1. The van der Waals surface area contributed by atoms with Gasteiger partial charge in [0.2, 0.25) is 0 Å². The van der Waals surface area contributed by atoms with Crippen molar-refractivity contribution in [3.8, 4) is 0 Å². The Morgan fingerprint density at radius 1 is 0.351 bits per heavy atom. The second-order valence-corrected chi connectivity index (χ2v) is 26.8. The Kier molecular flexibility index (Phi) is 32.9. The maximum Gasteiger partial charge on any atom is 0.338 e. The minimum atomic E-state index is -1.85. The molecule has 5 fully saturated rings. The van der Waals surface area contributed by atoms with E-state index >= 15 is 4.79 Å². The molecule has 0 aliphatic carbocycles. The third-order valence-electron chi connectivity index (χ3n) is 19.4. The predicted octanol–water partition coefficient (Wildman–Crippen LogP) is 7.14. The molecule has 32 heteroatoms. The van der Waals surface area contributed by atoms with Crippen molar-refractivity contribution in [2.75, 3.05) is 69.6 Å². The fourth-order valence-electron chi connectivity index (χ4n) is 14.1. The van der Waals surface area contributed by atoms with E-state index in [0.29, 0.717) is 11.1 Å². The maximum atomic E-state index is 15.3. The van der Waals surface area contributed by atoms with Gasteiger partial charge in [0.1, 0.15) is 124 Å². The minimum absolute atomic E-state index is 0.0634. The second-order valence-electron chi connectivity index (χ2n) is 26.8. The number of carbonyl (C=O) groups is 5. The van der Waals surface area contributed by atoms with Crippen molar-refractivity contribution in [1.82, 2.24) is 0 Å². The Hall–Kier alpha value is -8.00. The fourth-order valence-corrected chi connectivity index (χ4v) is 14.1. The van der Waals surface area contributed by atoms with Gasteiger partial charge in [-0.3, -0.25) is 14.4 Å². The predicted molar refractivity (Wildman–Crippen MR) is 384 cm³/mol. The fraction of sp³-hybridized carbons (Fsp3) is 0.557. The highest BCUT2D eigenvalue weighted by atomic mass is 16.8. The minimum Gasteiger partial charge on any atom is -0.463 e. The van der Waals surface area contributed by atoms with Gasteiger partial charge in [-0.2, -0.15) is 0 Å². The molecule has 25 atom stereocenters. The number of methoxy groups -OCH3 is 7. The smallest absolute Gasteiger partial charge is 0.338 e. The number of hydrogen-bond donors (Lipinski definition) is 0. The molecule has 10 rings (SSSR count). The van der Waals surface area contributed by atoms with E-state index in [0.717, 1.165) is 30.5 Å². The molecule has 0 bridgehead atoms. The van der Waals surface area contributed by atoms with E-state index < -0.39 is 190 Å². The summed E-state index contributed by atoms with van der Waals surface area (Å²) in [5.74, 6) is -5.36. The van der Waals surface area contributed by atoms with Gasteiger partial charge in [0, 0.05) is 81.4 Å². The zero-order valence-electron chi connectivity index (χ0n) is 63.7. The van der Waals surface area contributed by atoms with E-state index in [2.05, 4.69) is 10.0 Å². The molecule has 0 radical (unpaired) electrons. The average molecular weight is 1550 g/mol. The molecule has 0 N–H and O–H groups in total. The van der Waals surface area contributed by atoms with E-state index in [-0.39, 0.29) is 46.2 Å². The normalized spacial score (nSPS) is 32.1. The number of ether oxygens (including phenoxy) is 24. The van der Waals surface area contributed by atoms with Gasteiger partial charge < -0.3 is 114 Å². The van der Waals surface area contributed by atoms with Crippen LogP contribution in [0.25, 0.3) is 10.4 Å². The Bertz CT molecular complexity index is 3710. The summed E-state index contributed by atoms with van der Waals surface area (Å²) >= 11 is 0. The van der Waals surface area contributed by atoms with Crippen LogP contribution in [0.15, 0.2) is 157 Å². The third kappa shape index (κ3) is 22.5. The largest absolute Gasteiger partial charge is 0.463 e. The number of carbonyl (C=O) groups excluding carboxylic acids is 5. The van der Waals surface area contributed by atoms with Gasteiger partial charge >= 0.3 is 29.8 Å². The highest BCUT2D eigenvalue weighted by Gasteiger charge is 2.61. The molecule has 10 unspecified atom stereocenters. The summed E-state index contributed by atoms with van der Waals surface area (Å²) in [4.78, 5) is 72.2. The molecule has 5 aliphatic rings. The van der Waals surface area contributed by atoms with E-state index in [1.54, 1.807) is 61.5 Å². The number of benzene rings is 5. The van der Waals surface area contributed by atoms with Gasteiger partial charge in [-0.1, -0.05) is 164 Å². The number of rotatable bonds is 37. The van der Waals surface area contributed by atoms with Crippen LogP contribution in [0, 0.1) is 5.92 Å². The lowest BCUT2D eigenvalue weighted by Crippen LogP contribution is -2.68. The molecule has 5 aromatic carbocycles. The maximum absolute atomic E-state index is 15.3. The number of azide groups is 1. The molecule has 0 spiro atoms. The van der Waals surface area contributed by atoms with Crippen LogP contribution >= 0.6 is 0 Å². The summed E-state index contributed by atoms with van der Waals surface area (Å²) in [5.41, 5.74) is 13.7. The molecular formula is C79H99N3O29. The summed E-state index contributed by atoms with van der Waals surface area (Å²) in [6.07, 6.45) is -31.7. The molecule has 5 aromatic rings. The number of hydrogen-bond acceptors (Lipinski definition) is 30. The van der Waals surface area contributed by atoms with Crippen LogP contribution in [-0.4, -0.2) is 247 Å². The van der Waals surface area contributed by atoms with Gasteiger partial charge in [-0.25, -0.2) is 9.59 Å². The molecule has 5 saturated heterocycles. The van der Waals surface area contributed by atoms with Crippen molar-refractivity contribution >= 4 is 29.8 Å². The van der Waals surface area contributed by atoms with Crippen molar-refractivity contribution in [2.24, 2.45) is 11.0 Å². The first kappa shape index (κ1) is 85.4. The molecular weight excluding hydrogens is 1450 g/mol. The van der Waals surface area contributed by atoms with Crippen molar-refractivity contribution < 1.29 is 138 Å². The van der Waals surface area contributed by atoms with Crippen LogP contribution in [0.2, 0.25) is 0 Å². The van der Waals surface area contributed by atoms with Crippen LogP contribution in [0.3, 0.4) is 0 Å². The van der Waals surface area contributed by atoms with Gasteiger partial charge in [-0.15, -0.1) is 0 Å². The summed E-state index contributed by atoms with van der Waals surface area (Å²) in [7, 11) is 9.54. The average Bonchev–Trinajstić information content (AvgIpc) is 0.758. The van der Waals surface area contributed by atoms with E-state index in [9.17, 15) is 24.7 Å².